The molecule has 3 atom stereocenters. The molecular weight excluding hydrogens is 317 g/mol. The van der Waals surface area contributed by atoms with Crippen molar-refractivity contribution >= 4 is 35.1 Å². The molecule has 3 unspecified atom stereocenters. The van der Waals surface area contributed by atoms with Crippen LogP contribution in [0.15, 0.2) is 18.2 Å². The maximum absolute atomic E-state index is 12.0. The number of amides is 1. The number of carboxylic acids is 1. The molecule has 1 amide bonds. The first-order valence-electron chi connectivity index (χ1n) is 6.42. The maximum Gasteiger partial charge on any atom is 0.334 e. The number of carbonyl (C=O) groups is 2. The summed E-state index contributed by atoms with van der Waals surface area (Å²) in [5.41, 5.74) is 0.964. The number of benzene rings is 1. The lowest BCUT2D eigenvalue weighted by Crippen LogP contribution is -2.38. The van der Waals surface area contributed by atoms with Gasteiger partial charge in [-0.1, -0.05) is 29.3 Å². The Morgan fingerprint density at radius 2 is 2.14 bits per heavy atom. The SMILES string of the molecule is COC(CNC(=O)C1CC1c1ccc(Cl)c(Cl)c1)C(=O)O. The molecule has 5 nitrogen and oxygen atoms in total. The largest absolute Gasteiger partial charge is 0.479 e. The van der Waals surface area contributed by atoms with Crippen LogP contribution in [-0.2, 0) is 14.3 Å². The second kappa shape index (κ2) is 6.64. The summed E-state index contributed by atoms with van der Waals surface area (Å²) in [6.45, 7) is -0.0464. The van der Waals surface area contributed by atoms with E-state index in [1.165, 1.54) is 7.11 Å². The fourth-order valence-electron chi connectivity index (χ4n) is 2.19. The molecule has 21 heavy (non-hydrogen) atoms. The van der Waals surface area contributed by atoms with Crippen molar-refractivity contribution in [3.63, 3.8) is 0 Å². The molecule has 1 aliphatic carbocycles. The number of methoxy groups -OCH3 is 1. The molecule has 2 N–H and O–H groups in total. The first-order chi connectivity index (χ1) is 9.93. The van der Waals surface area contributed by atoms with Crippen molar-refractivity contribution in [2.75, 3.05) is 13.7 Å². The van der Waals surface area contributed by atoms with E-state index in [4.69, 9.17) is 33.0 Å². The zero-order valence-corrected chi connectivity index (χ0v) is 12.8. The predicted molar refractivity (Wildman–Crippen MR) is 78.8 cm³/mol. The molecule has 114 valence electrons. The van der Waals surface area contributed by atoms with Crippen LogP contribution >= 0.6 is 23.2 Å². The molecule has 1 aliphatic rings. The first kappa shape index (κ1) is 16.1. The second-order valence-corrected chi connectivity index (χ2v) is 5.74. The van der Waals surface area contributed by atoms with Crippen LogP contribution in [0.4, 0.5) is 0 Å². The van der Waals surface area contributed by atoms with Gasteiger partial charge in [0.05, 0.1) is 16.6 Å². The standard InChI is InChI=1S/C14H15Cl2NO4/c1-21-12(14(19)20)6-17-13(18)9-5-8(9)7-2-3-10(15)11(16)4-7/h2-4,8-9,12H,5-6H2,1H3,(H,17,18)(H,19,20). The molecular formula is C14H15Cl2NO4. The van der Waals surface area contributed by atoms with E-state index < -0.39 is 12.1 Å². The second-order valence-electron chi connectivity index (χ2n) is 4.93. The Kier molecular flexibility index (Phi) is 5.08. The van der Waals surface area contributed by atoms with Crippen LogP contribution in [0.25, 0.3) is 0 Å². The van der Waals surface area contributed by atoms with Crippen molar-refractivity contribution in [1.82, 2.24) is 5.32 Å². The van der Waals surface area contributed by atoms with Gasteiger partial charge < -0.3 is 15.2 Å². The molecule has 0 aromatic heterocycles. The molecule has 1 saturated carbocycles. The number of carboxylic acid groups (broad SMARTS) is 1. The summed E-state index contributed by atoms with van der Waals surface area (Å²) < 4.78 is 4.76. The minimum atomic E-state index is -1.10. The monoisotopic (exact) mass is 331 g/mol. The highest BCUT2D eigenvalue weighted by atomic mass is 35.5. The number of aliphatic carboxylic acids is 1. The van der Waals surface area contributed by atoms with Gasteiger partial charge in [-0.05, 0) is 30.0 Å². The van der Waals surface area contributed by atoms with Gasteiger partial charge in [0.15, 0.2) is 6.10 Å². The minimum absolute atomic E-state index is 0.0464. The summed E-state index contributed by atoms with van der Waals surface area (Å²) in [6.07, 6.45) is -0.315. The summed E-state index contributed by atoms with van der Waals surface area (Å²) >= 11 is 11.8. The van der Waals surface area contributed by atoms with Crippen LogP contribution in [0, 0.1) is 5.92 Å². The molecule has 1 aromatic carbocycles. The van der Waals surface area contributed by atoms with Crippen LogP contribution < -0.4 is 5.32 Å². The Hall–Kier alpha value is -1.30. The predicted octanol–water partition coefficient (Wildman–Crippen LogP) is 2.31. The van der Waals surface area contributed by atoms with Crippen LogP contribution in [-0.4, -0.2) is 36.7 Å². The van der Waals surface area contributed by atoms with Crippen molar-refractivity contribution in [3.8, 4) is 0 Å². The minimum Gasteiger partial charge on any atom is -0.479 e. The quantitative estimate of drug-likeness (QED) is 0.838. The molecule has 0 radical (unpaired) electrons. The highest BCUT2D eigenvalue weighted by Crippen LogP contribution is 2.48. The molecule has 0 spiro atoms. The zero-order chi connectivity index (χ0) is 15.6. The average Bonchev–Trinajstić information content (AvgIpc) is 3.22. The maximum atomic E-state index is 12.0. The molecule has 0 bridgehead atoms. The lowest BCUT2D eigenvalue weighted by molar-refractivity contribution is -0.148. The Labute approximate surface area is 132 Å². The average molecular weight is 332 g/mol. The summed E-state index contributed by atoms with van der Waals surface area (Å²) in [7, 11) is 1.29. The van der Waals surface area contributed by atoms with Gasteiger partial charge in [-0.15, -0.1) is 0 Å². The Balaban J connectivity index is 1.89. The van der Waals surface area contributed by atoms with E-state index in [1.54, 1.807) is 12.1 Å². The molecule has 2 rings (SSSR count). The molecule has 1 aromatic rings. The van der Waals surface area contributed by atoms with Crippen molar-refractivity contribution in [2.24, 2.45) is 5.92 Å². The molecule has 7 heteroatoms. The Morgan fingerprint density at radius 3 is 2.71 bits per heavy atom. The van der Waals surface area contributed by atoms with E-state index >= 15 is 0 Å². The lowest BCUT2D eigenvalue weighted by atomic mass is 10.1. The highest BCUT2D eigenvalue weighted by molar-refractivity contribution is 6.42. The zero-order valence-electron chi connectivity index (χ0n) is 11.3. The van der Waals surface area contributed by atoms with Gasteiger partial charge in [-0.3, -0.25) is 4.79 Å². The van der Waals surface area contributed by atoms with E-state index in [0.717, 1.165) is 5.56 Å². The van der Waals surface area contributed by atoms with Crippen LogP contribution in [0.3, 0.4) is 0 Å². The summed E-state index contributed by atoms with van der Waals surface area (Å²) in [5.74, 6) is -1.33. The number of ether oxygens (including phenoxy) is 1. The van der Waals surface area contributed by atoms with Crippen molar-refractivity contribution < 1.29 is 19.4 Å². The van der Waals surface area contributed by atoms with Gasteiger partial charge in [0.25, 0.3) is 0 Å². The third-order valence-corrected chi connectivity index (χ3v) is 4.26. The normalized spacial score (nSPS) is 21.7. The number of carbonyl (C=O) groups excluding carboxylic acids is 1. The van der Waals surface area contributed by atoms with E-state index in [1.807, 2.05) is 6.07 Å². The van der Waals surface area contributed by atoms with Crippen LogP contribution in [0.1, 0.15) is 17.9 Å². The number of rotatable bonds is 6. The number of hydrogen-bond donors (Lipinski definition) is 2. The van der Waals surface area contributed by atoms with E-state index in [2.05, 4.69) is 5.32 Å². The van der Waals surface area contributed by atoms with Crippen molar-refractivity contribution in [2.45, 2.75) is 18.4 Å². The topological polar surface area (TPSA) is 75.6 Å². The molecule has 0 saturated heterocycles. The van der Waals surface area contributed by atoms with Gasteiger partial charge >= 0.3 is 5.97 Å². The highest BCUT2D eigenvalue weighted by Gasteiger charge is 2.44. The fourth-order valence-corrected chi connectivity index (χ4v) is 2.50. The first-order valence-corrected chi connectivity index (χ1v) is 7.18. The summed E-state index contributed by atoms with van der Waals surface area (Å²) in [6, 6.07) is 5.32. The van der Waals surface area contributed by atoms with Crippen molar-refractivity contribution in [3.05, 3.63) is 33.8 Å². The van der Waals surface area contributed by atoms with Gasteiger partial charge in [0.1, 0.15) is 0 Å². The summed E-state index contributed by atoms with van der Waals surface area (Å²) in [5, 5.41) is 12.4. The lowest BCUT2D eigenvalue weighted by Gasteiger charge is -2.11. The van der Waals surface area contributed by atoms with E-state index in [-0.39, 0.29) is 24.3 Å². The van der Waals surface area contributed by atoms with E-state index in [0.29, 0.717) is 16.5 Å². The third-order valence-electron chi connectivity index (χ3n) is 3.52. The Bertz CT molecular complexity index is 564. The van der Waals surface area contributed by atoms with Gasteiger partial charge in [0.2, 0.25) is 5.91 Å². The fraction of sp³-hybridized carbons (Fsp3) is 0.429. The number of nitrogens with one attached hydrogen (secondary N) is 1. The smallest absolute Gasteiger partial charge is 0.334 e. The van der Waals surface area contributed by atoms with E-state index in [9.17, 15) is 9.59 Å². The molecule has 1 fully saturated rings. The third kappa shape index (κ3) is 3.87. The van der Waals surface area contributed by atoms with Crippen molar-refractivity contribution in [1.29, 1.82) is 0 Å². The number of halogens is 2. The van der Waals surface area contributed by atoms with Gasteiger partial charge in [-0.25, -0.2) is 4.79 Å². The van der Waals surface area contributed by atoms with Crippen LogP contribution in [0.2, 0.25) is 10.0 Å². The van der Waals surface area contributed by atoms with Crippen LogP contribution in [0.5, 0.6) is 0 Å². The van der Waals surface area contributed by atoms with Gasteiger partial charge in [-0.2, -0.15) is 0 Å². The number of hydrogen-bond acceptors (Lipinski definition) is 3. The Morgan fingerprint density at radius 1 is 1.43 bits per heavy atom. The summed E-state index contributed by atoms with van der Waals surface area (Å²) in [4.78, 5) is 22.7. The molecule has 0 aliphatic heterocycles. The van der Waals surface area contributed by atoms with Gasteiger partial charge in [0, 0.05) is 13.0 Å². The molecule has 0 heterocycles.